The molecule has 12 heavy (non-hydrogen) atoms. The minimum Gasteiger partial charge on any atom is -0.329 e. The number of rotatable bonds is 2. The molecule has 0 aromatic heterocycles. The molecule has 0 bridgehead atoms. The first kappa shape index (κ1) is 9.23. The third kappa shape index (κ3) is 1.84. The Kier molecular flexibility index (Phi) is 2.84. The fourth-order valence-electron chi connectivity index (χ4n) is 1.29. The average molecular weight is 164 g/mol. The van der Waals surface area contributed by atoms with Crippen molar-refractivity contribution in [3.8, 4) is 0 Å². The van der Waals surface area contributed by atoms with Gasteiger partial charge in [0.2, 0.25) is 0 Å². The molecule has 0 fully saturated rings. The molecule has 0 radical (unpaired) electrons. The van der Waals surface area contributed by atoms with Crippen LogP contribution in [0, 0.1) is 13.8 Å². The largest absolute Gasteiger partial charge is 0.329 e. The maximum absolute atomic E-state index is 5.84. The van der Waals surface area contributed by atoms with Crippen LogP contribution in [0.4, 0.5) is 0 Å². The second kappa shape index (κ2) is 3.70. The van der Waals surface area contributed by atoms with Crippen molar-refractivity contribution in [2.75, 3.05) is 6.54 Å². The van der Waals surface area contributed by atoms with Crippen LogP contribution in [-0.2, 0) is 0 Å². The molecule has 0 saturated carbocycles. The molecule has 2 nitrogen and oxygen atoms in total. The molecule has 1 atom stereocenters. The lowest BCUT2D eigenvalue weighted by molar-refractivity contribution is 0.731. The van der Waals surface area contributed by atoms with Gasteiger partial charge in [0, 0.05) is 12.6 Å². The van der Waals surface area contributed by atoms with Crippen molar-refractivity contribution >= 4 is 0 Å². The molecular weight excluding hydrogens is 148 g/mol. The highest BCUT2D eigenvalue weighted by Gasteiger charge is 2.05. The Bertz CT molecular complexity index is 269. The molecule has 4 N–H and O–H groups in total. The highest BCUT2D eigenvalue weighted by atomic mass is 14.7. The van der Waals surface area contributed by atoms with Gasteiger partial charge in [0.25, 0.3) is 0 Å². The molecule has 2 heteroatoms. The summed E-state index contributed by atoms with van der Waals surface area (Å²) in [5, 5.41) is 0. The van der Waals surface area contributed by atoms with E-state index >= 15 is 0 Å². The monoisotopic (exact) mass is 164 g/mol. The Labute approximate surface area is 73.6 Å². The van der Waals surface area contributed by atoms with Crippen molar-refractivity contribution in [1.82, 2.24) is 0 Å². The van der Waals surface area contributed by atoms with Crippen molar-refractivity contribution in [2.24, 2.45) is 11.5 Å². The van der Waals surface area contributed by atoms with Crippen LogP contribution in [0.1, 0.15) is 22.7 Å². The lowest BCUT2D eigenvalue weighted by Gasteiger charge is -2.12. The molecule has 0 heterocycles. The van der Waals surface area contributed by atoms with E-state index in [0.717, 1.165) is 5.56 Å². The lowest BCUT2D eigenvalue weighted by Crippen LogP contribution is -2.21. The zero-order valence-electron chi connectivity index (χ0n) is 7.67. The standard InChI is InChI=1S/C10H16N2/c1-7-3-4-8(2)9(5-7)10(12)6-11/h3-5,10H,6,11-12H2,1-2H3/t10-/m0/s1. The molecule has 0 unspecified atom stereocenters. The van der Waals surface area contributed by atoms with Crippen LogP contribution < -0.4 is 11.5 Å². The van der Waals surface area contributed by atoms with Crippen molar-refractivity contribution < 1.29 is 0 Å². The maximum atomic E-state index is 5.84. The minimum atomic E-state index is -0.0232. The van der Waals surface area contributed by atoms with E-state index in [4.69, 9.17) is 11.5 Å². The number of benzene rings is 1. The van der Waals surface area contributed by atoms with Gasteiger partial charge in [-0.3, -0.25) is 0 Å². The van der Waals surface area contributed by atoms with Gasteiger partial charge in [-0.2, -0.15) is 0 Å². The van der Waals surface area contributed by atoms with Crippen molar-refractivity contribution in [3.05, 3.63) is 34.9 Å². The van der Waals surface area contributed by atoms with E-state index in [-0.39, 0.29) is 6.04 Å². The molecule has 0 spiro atoms. The number of nitrogens with two attached hydrogens (primary N) is 2. The molecule has 0 amide bonds. The Morgan fingerprint density at radius 2 is 2.00 bits per heavy atom. The summed E-state index contributed by atoms with van der Waals surface area (Å²) in [6.07, 6.45) is 0. The van der Waals surface area contributed by atoms with Gasteiger partial charge >= 0.3 is 0 Å². The molecule has 0 saturated heterocycles. The lowest BCUT2D eigenvalue weighted by atomic mass is 10.00. The molecule has 0 aliphatic carbocycles. The molecule has 1 aromatic rings. The summed E-state index contributed by atoms with van der Waals surface area (Å²) < 4.78 is 0. The molecule has 66 valence electrons. The molecule has 0 aliphatic heterocycles. The normalized spacial score (nSPS) is 13.0. The third-order valence-corrected chi connectivity index (χ3v) is 2.09. The Hall–Kier alpha value is -0.860. The number of hydrogen-bond donors (Lipinski definition) is 2. The Balaban J connectivity index is 3.04. The van der Waals surface area contributed by atoms with Crippen molar-refractivity contribution in [3.63, 3.8) is 0 Å². The van der Waals surface area contributed by atoms with Gasteiger partial charge < -0.3 is 11.5 Å². The zero-order chi connectivity index (χ0) is 9.14. The molecule has 1 rings (SSSR count). The third-order valence-electron chi connectivity index (χ3n) is 2.09. The highest BCUT2D eigenvalue weighted by molar-refractivity contribution is 5.32. The second-order valence-electron chi connectivity index (χ2n) is 3.20. The Morgan fingerprint density at radius 1 is 1.33 bits per heavy atom. The van der Waals surface area contributed by atoms with Crippen LogP contribution in [-0.4, -0.2) is 6.54 Å². The molecule has 1 aromatic carbocycles. The predicted molar refractivity (Wildman–Crippen MR) is 51.9 cm³/mol. The fourth-order valence-corrected chi connectivity index (χ4v) is 1.29. The highest BCUT2D eigenvalue weighted by Crippen LogP contribution is 2.16. The summed E-state index contributed by atoms with van der Waals surface area (Å²) in [6.45, 7) is 4.63. The van der Waals surface area contributed by atoms with Gasteiger partial charge in [-0.15, -0.1) is 0 Å². The molecular formula is C10H16N2. The number of aryl methyl sites for hydroxylation is 2. The van der Waals surface area contributed by atoms with E-state index < -0.39 is 0 Å². The predicted octanol–water partition coefficient (Wildman–Crippen LogP) is 1.26. The van der Waals surface area contributed by atoms with E-state index in [1.165, 1.54) is 11.1 Å². The summed E-state index contributed by atoms with van der Waals surface area (Å²) in [6, 6.07) is 6.25. The van der Waals surface area contributed by atoms with Crippen molar-refractivity contribution in [1.29, 1.82) is 0 Å². The van der Waals surface area contributed by atoms with Crippen LogP contribution in [0.2, 0.25) is 0 Å². The molecule has 0 aliphatic rings. The summed E-state index contributed by atoms with van der Waals surface area (Å²) in [5.74, 6) is 0. The topological polar surface area (TPSA) is 52.0 Å². The van der Waals surface area contributed by atoms with E-state index in [9.17, 15) is 0 Å². The minimum absolute atomic E-state index is 0.0232. The smallest absolute Gasteiger partial charge is 0.0422 e. The first-order valence-corrected chi connectivity index (χ1v) is 4.18. The van der Waals surface area contributed by atoms with Gasteiger partial charge in [0.15, 0.2) is 0 Å². The van der Waals surface area contributed by atoms with Crippen LogP contribution in [0.15, 0.2) is 18.2 Å². The summed E-state index contributed by atoms with van der Waals surface area (Å²) in [4.78, 5) is 0. The van der Waals surface area contributed by atoms with Crippen LogP contribution in [0.3, 0.4) is 0 Å². The van der Waals surface area contributed by atoms with Gasteiger partial charge in [-0.1, -0.05) is 23.8 Å². The van der Waals surface area contributed by atoms with E-state index in [2.05, 4.69) is 32.0 Å². The maximum Gasteiger partial charge on any atom is 0.0422 e. The Morgan fingerprint density at radius 3 is 2.58 bits per heavy atom. The van der Waals surface area contributed by atoms with Crippen LogP contribution in [0.5, 0.6) is 0 Å². The quantitative estimate of drug-likeness (QED) is 0.691. The van der Waals surface area contributed by atoms with Crippen LogP contribution >= 0.6 is 0 Å². The van der Waals surface area contributed by atoms with Gasteiger partial charge in [-0.25, -0.2) is 0 Å². The van der Waals surface area contributed by atoms with Gasteiger partial charge in [0.1, 0.15) is 0 Å². The summed E-state index contributed by atoms with van der Waals surface area (Å²) in [5.41, 5.74) is 15.0. The van der Waals surface area contributed by atoms with E-state index in [0.29, 0.717) is 6.54 Å². The SMILES string of the molecule is Cc1ccc(C)c([C@@H](N)CN)c1. The summed E-state index contributed by atoms with van der Waals surface area (Å²) in [7, 11) is 0. The van der Waals surface area contributed by atoms with Crippen LogP contribution in [0.25, 0.3) is 0 Å². The fraction of sp³-hybridized carbons (Fsp3) is 0.400. The first-order chi connectivity index (χ1) is 5.65. The van der Waals surface area contributed by atoms with Gasteiger partial charge in [0.05, 0.1) is 0 Å². The van der Waals surface area contributed by atoms with E-state index in [1.807, 2.05) is 0 Å². The average Bonchev–Trinajstić information content (AvgIpc) is 2.08. The zero-order valence-corrected chi connectivity index (χ0v) is 7.67. The van der Waals surface area contributed by atoms with Gasteiger partial charge in [-0.05, 0) is 25.0 Å². The second-order valence-corrected chi connectivity index (χ2v) is 3.20. The summed E-state index contributed by atoms with van der Waals surface area (Å²) >= 11 is 0. The van der Waals surface area contributed by atoms with Crippen molar-refractivity contribution in [2.45, 2.75) is 19.9 Å². The first-order valence-electron chi connectivity index (χ1n) is 4.18. The number of hydrogen-bond acceptors (Lipinski definition) is 2. The van der Waals surface area contributed by atoms with E-state index in [1.54, 1.807) is 0 Å².